The Kier molecular flexibility index (Phi) is 5.87. The van der Waals surface area contributed by atoms with Gasteiger partial charge in [0.05, 0.1) is 11.2 Å². The first kappa shape index (κ1) is 20.2. The molecule has 0 saturated heterocycles. The van der Waals surface area contributed by atoms with E-state index < -0.39 is 11.5 Å². The summed E-state index contributed by atoms with van der Waals surface area (Å²) in [6, 6.07) is 8.93. The van der Waals surface area contributed by atoms with Crippen molar-refractivity contribution in [1.29, 1.82) is 0 Å². The fourth-order valence-electron chi connectivity index (χ4n) is 3.65. The minimum Gasteiger partial charge on any atom is -0.325 e. The molecule has 8 heteroatoms. The van der Waals surface area contributed by atoms with E-state index in [1.807, 2.05) is 36.1 Å². The highest BCUT2D eigenvalue weighted by Gasteiger charge is 2.22. The molecular weight excluding hydrogens is 400 g/mol. The maximum atomic E-state index is 12.7. The lowest BCUT2D eigenvalue weighted by atomic mass is 9.93. The maximum absolute atomic E-state index is 12.7. The molecule has 154 valence electrons. The van der Waals surface area contributed by atoms with Crippen molar-refractivity contribution < 1.29 is 9.59 Å². The normalized spacial score (nSPS) is 13.3. The number of aryl methyl sites for hydroxylation is 1. The smallest absolute Gasteiger partial charge is 0.261 e. The highest BCUT2D eigenvalue weighted by molar-refractivity contribution is 7.07. The summed E-state index contributed by atoms with van der Waals surface area (Å²) in [5, 5.41) is 4.80. The molecule has 7 nitrogen and oxygen atoms in total. The number of H-pyrrole nitrogens is 1. The summed E-state index contributed by atoms with van der Waals surface area (Å²) in [7, 11) is 2.01. The van der Waals surface area contributed by atoms with Crippen molar-refractivity contribution in [3.63, 3.8) is 0 Å². The van der Waals surface area contributed by atoms with Crippen LogP contribution in [0.5, 0.6) is 0 Å². The average molecular weight is 423 g/mol. The molecule has 1 aliphatic carbocycles. The van der Waals surface area contributed by atoms with Gasteiger partial charge in [-0.05, 0) is 43.7 Å². The van der Waals surface area contributed by atoms with Crippen LogP contribution < -0.4 is 10.9 Å². The Bertz CT molecular complexity index is 1140. The Morgan fingerprint density at radius 3 is 2.90 bits per heavy atom. The number of hydrogen-bond acceptors (Lipinski definition) is 6. The Morgan fingerprint density at radius 1 is 1.23 bits per heavy atom. The van der Waals surface area contributed by atoms with Gasteiger partial charge in [-0.15, -0.1) is 11.3 Å². The van der Waals surface area contributed by atoms with Crippen molar-refractivity contribution in [2.24, 2.45) is 0 Å². The van der Waals surface area contributed by atoms with E-state index in [4.69, 9.17) is 0 Å². The zero-order valence-electron chi connectivity index (χ0n) is 16.6. The second-order valence-corrected chi connectivity index (χ2v) is 8.21. The zero-order valence-corrected chi connectivity index (χ0v) is 17.4. The number of ketones is 1. The van der Waals surface area contributed by atoms with E-state index in [0.717, 1.165) is 24.2 Å². The summed E-state index contributed by atoms with van der Waals surface area (Å²) < 4.78 is 0. The highest BCUT2D eigenvalue weighted by Crippen LogP contribution is 2.20. The molecule has 1 aliphatic rings. The molecule has 0 radical (unpaired) electrons. The van der Waals surface area contributed by atoms with Crippen molar-refractivity contribution in [1.82, 2.24) is 14.9 Å². The SMILES string of the molecule is CN(Cc1cccc(NC(=O)c2cc3c([nH]c2=O)CCCC3=O)c1)Cc1cscn1. The molecule has 0 fully saturated rings. The lowest BCUT2D eigenvalue weighted by Crippen LogP contribution is -2.27. The largest absolute Gasteiger partial charge is 0.325 e. The first-order chi connectivity index (χ1) is 14.5. The molecule has 0 saturated carbocycles. The molecule has 30 heavy (non-hydrogen) atoms. The van der Waals surface area contributed by atoms with Crippen LogP contribution in [0.3, 0.4) is 0 Å². The van der Waals surface area contributed by atoms with Crippen molar-refractivity contribution in [3.8, 4) is 0 Å². The number of carbonyl (C=O) groups is 2. The number of aromatic nitrogens is 2. The van der Waals surface area contributed by atoms with Gasteiger partial charge >= 0.3 is 0 Å². The number of pyridine rings is 1. The monoisotopic (exact) mass is 422 g/mol. The molecule has 0 spiro atoms. The minimum absolute atomic E-state index is 0.0355. The fourth-order valence-corrected chi connectivity index (χ4v) is 4.20. The average Bonchev–Trinajstić information content (AvgIpc) is 3.20. The summed E-state index contributed by atoms with van der Waals surface area (Å²) in [6.07, 6.45) is 1.81. The number of aromatic amines is 1. The topological polar surface area (TPSA) is 95.2 Å². The van der Waals surface area contributed by atoms with Gasteiger partial charge in [0.15, 0.2) is 5.78 Å². The summed E-state index contributed by atoms with van der Waals surface area (Å²) in [5.74, 6) is -0.558. The molecule has 0 bridgehead atoms. The Hall–Kier alpha value is -3.10. The molecule has 3 aromatic rings. The molecule has 4 rings (SSSR count). The van der Waals surface area contributed by atoms with Crippen LogP contribution in [-0.2, 0) is 19.5 Å². The van der Waals surface area contributed by atoms with E-state index >= 15 is 0 Å². The molecule has 1 amide bonds. The molecule has 2 heterocycles. The number of benzene rings is 1. The standard InChI is InChI=1S/C22H22N4O3S/c1-26(11-16-12-30-13-23-16)10-14-4-2-5-15(8-14)24-21(28)18-9-17-19(25-22(18)29)6-3-7-20(17)27/h2,4-5,8-9,12-13H,3,6-7,10-11H2,1H3,(H,24,28)(H,25,29). The van der Waals surface area contributed by atoms with Crippen LogP contribution in [0.4, 0.5) is 5.69 Å². The second kappa shape index (κ2) is 8.73. The molecule has 2 N–H and O–H groups in total. The number of thiazole rings is 1. The van der Waals surface area contributed by atoms with Gasteiger partial charge in [-0.2, -0.15) is 0 Å². The van der Waals surface area contributed by atoms with Gasteiger partial charge in [0.25, 0.3) is 11.5 Å². The number of amides is 1. The Labute approximate surface area is 177 Å². The molecule has 0 aliphatic heterocycles. The third kappa shape index (κ3) is 4.55. The van der Waals surface area contributed by atoms with E-state index in [9.17, 15) is 14.4 Å². The number of fused-ring (bicyclic) bond motifs is 1. The summed E-state index contributed by atoms with van der Waals surface area (Å²) in [5.41, 5.74) is 5.02. The molecule has 0 atom stereocenters. The van der Waals surface area contributed by atoms with Crippen LogP contribution in [0.2, 0.25) is 0 Å². The number of nitrogens with one attached hydrogen (secondary N) is 2. The third-order valence-electron chi connectivity index (χ3n) is 5.05. The second-order valence-electron chi connectivity index (χ2n) is 7.49. The van der Waals surface area contributed by atoms with Crippen LogP contribution in [0, 0.1) is 0 Å². The quantitative estimate of drug-likeness (QED) is 0.636. The van der Waals surface area contributed by atoms with Crippen LogP contribution in [0.25, 0.3) is 0 Å². The van der Waals surface area contributed by atoms with Gasteiger partial charge in [0, 0.05) is 41.8 Å². The number of nitrogens with zero attached hydrogens (tertiary/aromatic N) is 2. The van der Waals surface area contributed by atoms with Crippen LogP contribution in [0.1, 0.15) is 50.5 Å². The lowest BCUT2D eigenvalue weighted by Gasteiger charge is -2.16. The first-order valence-corrected chi connectivity index (χ1v) is 10.7. The first-order valence-electron chi connectivity index (χ1n) is 9.75. The van der Waals surface area contributed by atoms with Crippen molar-refractivity contribution in [2.75, 3.05) is 12.4 Å². The van der Waals surface area contributed by atoms with Gasteiger partial charge in [0.1, 0.15) is 5.56 Å². The van der Waals surface area contributed by atoms with Crippen molar-refractivity contribution in [2.45, 2.75) is 32.4 Å². The highest BCUT2D eigenvalue weighted by atomic mass is 32.1. The molecule has 2 aromatic heterocycles. The number of Topliss-reactive ketones (excluding diaryl/α,β-unsaturated/α-hetero) is 1. The number of anilines is 1. The summed E-state index contributed by atoms with van der Waals surface area (Å²) in [4.78, 5) is 46.3. The van der Waals surface area contributed by atoms with Gasteiger partial charge in [-0.3, -0.25) is 19.3 Å². The Balaban J connectivity index is 1.47. The number of hydrogen-bond donors (Lipinski definition) is 2. The van der Waals surface area contributed by atoms with Gasteiger partial charge in [-0.25, -0.2) is 4.98 Å². The van der Waals surface area contributed by atoms with Gasteiger partial charge in [0.2, 0.25) is 0 Å². The van der Waals surface area contributed by atoms with E-state index in [1.54, 1.807) is 17.4 Å². The third-order valence-corrected chi connectivity index (χ3v) is 5.69. The Morgan fingerprint density at radius 2 is 2.10 bits per heavy atom. The van der Waals surface area contributed by atoms with Gasteiger partial charge in [-0.1, -0.05) is 12.1 Å². The van der Waals surface area contributed by atoms with E-state index in [1.165, 1.54) is 6.07 Å². The number of carbonyl (C=O) groups excluding carboxylic acids is 2. The van der Waals surface area contributed by atoms with E-state index in [0.29, 0.717) is 36.3 Å². The molecule has 0 unspecified atom stereocenters. The van der Waals surface area contributed by atoms with Crippen molar-refractivity contribution in [3.05, 3.63) is 79.7 Å². The van der Waals surface area contributed by atoms with Crippen molar-refractivity contribution >= 4 is 28.7 Å². The van der Waals surface area contributed by atoms with Gasteiger partial charge < -0.3 is 10.3 Å². The molecular formula is C22H22N4O3S. The fraction of sp³-hybridized carbons (Fsp3) is 0.273. The van der Waals surface area contributed by atoms with Crippen LogP contribution in [-0.4, -0.2) is 33.6 Å². The molecule has 1 aromatic carbocycles. The predicted molar refractivity (Wildman–Crippen MR) is 116 cm³/mol. The zero-order chi connectivity index (χ0) is 21.1. The van der Waals surface area contributed by atoms with E-state index in [2.05, 4.69) is 20.2 Å². The van der Waals surface area contributed by atoms with Crippen LogP contribution >= 0.6 is 11.3 Å². The van der Waals surface area contributed by atoms with E-state index in [-0.39, 0.29) is 11.3 Å². The predicted octanol–water partition coefficient (Wildman–Crippen LogP) is 3.23. The summed E-state index contributed by atoms with van der Waals surface area (Å²) in [6.45, 7) is 1.42. The number of rotatable bonds is 6. The van der Waals surface area contributed by atoms with Crippen LogP contribution in [0.15, 0.2) is 46.0 Å². The minimum atomic E-state index is -0.523. The maximum Gasteiger partial charge on any atom is 0.261 e. The lowest BCUT2D eigenvalue weighted by molar-refractivity contribution is 0.0971. The summed E-state index contributed by atoms with van der Waals surface area (Å²) >= 11 is 1.57.